The molecule has 0 aromatic rings. The Hall–Kier alpha value is -0.0800. The second-order valence-electron chi connectivity index (χ2n) is 7.31. The van der Waals surface area contributed by atoms with Crippen LogP contribution in [0.25, 0.3) is 0 Å². The van der Waals surface area contributed by atoms with E-state index in [1.165, 1.54) is 64.5 Å². The Balaban J connectivity index is 1.55. The fourth-order valence-electron chi connectivity index (χ4n) is 4.54. The minimum atomic E-state index is 0.756. The number of hydrogen-bond acceptors (Lipinski definition) is 2. The van der Waals surface area contributed by atoms with Gasteiger partial charge < -0.3 is 5.32 Å². The van der Waals surface area contributed by atoms with Crippen molar-refractivity contribution in [3.05, 3.63) is 0 Å². The molecule has 2 saturated carbocycles. The van der Waals surface area contributed by atoms with Gasteiger partial charge in [-0.1, -0.05) is 32.6 Å². The van der Waals surface area contributed by atoms with E-state index >= 15 is 0 Å². The van der Waals surface area contributed by atoms with Crippen LogP contribution >= 0.6 is 0 Å². The van der Waals surface area contributed by atoms with Crippen molar-refractivity contribution in [3.63, 3.8) is 0 Å². The standard InChI is InChI=1S/C17H32N2/c1-3-7-15-10-17(15)19-12-16(18-11-13(19)2)14-8-5-4-6-9-14/h13-18H,3-12H2,1-2H3. The maximum Gasteiger partial charge on any atom is 0.0224 e. The van der Waals surface area contributed by atoms with Gasteiger partial charge in [0.15, 0.2) is 0 Å². The number of hydrogen-bond donors (Lipinski definition) is 1. The molecule has 19 heavy (non-hydrogen) atoms. The van der Waals surface area contributed by atoms with Gasteiger partial charge >= 0.3 is 0 Å². The molecule has 0 aromatic heterocycles. The highest BCUT2D eigenvalue weighted by Crippen LogP contribution is 2.41. The predicted molar refractivity (Wildman–Crippen MR) is 81.3 cm³/mol. The molecule has 110 valence electrons. The van der Waals surface area contributed by atoms with E-state index in [1.807, 2.05) is 0 Å². The molecule has 1 aliphatic heterocycles. The minimum absolute atomic E-state index is 0.756. The van der Waals surface area contributed by atoms with Crippen molar-refractivity contribution in [1.29, 1.82) is 0 Å². The van der Waals surface area contributed by atoms with E-state index in [1.54, 1.807) is 0 Å². The van der Waals surface area contributed by atoms with Crippen molar-refractivity contribution in [2.24, 2.45) is 11.8 Å². The van der Waals surface area contributed by atoms with Gasteiger partial charge in [0.25, 0.3) is 0 Å². The molecule has 0 aromatic carbocycles. The summed E-state index contributed by atoms with van der Waals surface area (Å²) < 4.78 is 0. The third-order valence-corrected chi connectivity index (χ3v) is 5.84. The average Bonchev–Trinajstić information content (AvgIpc) is 3.20. The van der Waals surface area contributed by atoms with E-state index < -0.39 is 0 Å². The molecule has 2 nitrogen and oxygen atoms in total. The highest BCUT2D eigenvalue weighted by Gasteiger charge is 2.45. The Morgan fingerprint density at radius 3 is 2.68 bits per heavy atom. The lowest BCUT2D eigenvalue weighted by Gasteiger charge is -2.43. The molecule has 0 bridgehead atoms. The van der Waals surface area contributed by atoms with E-state index in [-0.39, 0.29) is 0 Å². The van der Waals surface area contributed by atoms with Crippen LogP contribution in [0.4, 0.5) is 0 Å². The van der Waals surface area contributed by atoms with Gasteiger partial charge in [0.2, 0.25) is 0 Å². The third-order valence-electron chi connectivity index (χ3n) is 5.84. The van der Waals surface area contributed by atoms with E-state index in [9.17, 15) is 0 Å². The lowest BCUT2D eigenvalue weighted by molar-refractivity contribution is 0.0924. The van der Waals surface area contributed by atoms with Crippen LogP contribution in [-0.4, -0.2) is 36.1 Å². The summed E-state index contributed by atoms with van der Waals surface area (Å²) in [5.41, 5.74) is 0. The molecule has 0 amide bonds. The van der Waals surface area contributed by atoms with E-state index in [0.717, 1.165) is 30.0 Å². The van der Waals surface area contributed by atoms with E-state index in [2.05, 4.69) is 24.1 Å². The molecule has 3 rings (SSSR count). The Labute approximate surface area is 119 Å². The first kappa shape index (κ1) is 13.9. The summed E-state index contributed by atoms with van der Waals surface area (Å²) in [6.07, 6.45) is 11.7. The maximum absolute atomic E-state index is 3.86. The second kappa shape index (κ2) is 6.13. The molecule has 1 heterocycles. The van der Waals surface area contributed by atoms with Crippen LogP contribution in [0.1, 0.15) is 65.2 Å². The molecule has 3 fully saturated rings. The molecular weight excluding hydrogens is 232 g/mol. The van der Waals surface area contributed by atoms with Crippen LogP contribution < -0.4 is 5.32 Å². The molecule has 4 unspecified atom stereocenters. The highest BCUT2D eigenvalue weighted by molar-refractivity contribution is 5.00. The number of piperazine rings is 1. The van der Waals surface area contributed by atoms with Gasteiger partial charge in [-0.15, -0.1) is 0 Å². The first-order chi connectivity index (χ1) is 9.29. The second-order valence-corrected chi connectivity index (χ2v) is 7.31. The van der Waals surface area contributed by atoms with Crippen molar-refractivity contribution in [2.45, 2.75) is 83.3 Å². The summed E-state index contributed by atoms with van der Waals surface area (Å²) in [6.45, 7) is 7.31. The lowest BCUT2D eigenvalue weighted by atomic mass is 9.82. The number of nitrogens with one attached hydrogen (secondary N) is 1. The summed E-state index contributed by atoms with van der Waals surface area (Å²) in [6, 6.07) is 2.48. The third kappa shape index (κ3) is 3.16. The SMILES string of the molecule is CCCC1CC1N1CC(C2CCCCC2)NCC1C. The molecule has 3 aliphatic rings. The molecule has 1 saturated heterocycles. The summed E-state index contributed by atoms with van der Waals surface area (Å²) in [5.74, 6) is 1.99. The molecule has 2 heteroatoms. The molecule has 1 N–H and O–H groups in total. The summed E-state index contributed by atoms with van der Waals surface area (Å²) >= 11 is 0. The first-order valence-electron chi connectivity index (χ1n) is 8.78. The van der Waals surface area contributed by atoms with Gasteiger partial charge in [0.1, 0.15) is 0 Å². The van der Waals surface area contributed by atoms with Crippen molar-refractivity contribution < 1.29 is 0 Å². The van der Waals surface area contributed by atoms with E-state index in [0.29, 0.717) is 0 Å². The van der Waals surface area contributed by atoms with Crippen LogP contribution in [-0.2, 0) is 0 Å². The fourth-order valence-corrected chi connectivity index (χ4v) is 4.54. The van der Waals surface area contributed by atoms with Gasteiger partial charge in [-0.05, 0) is 44.4 Å². The smallest absolute Gasteiger partial charge is 0.0224 e. The largest absolute Gasteiger partial charge is 0.311 e. The van der Waals surface area contributed by atoms with E-state index in [4.69, 9.17) is 0 Å². The molecule has 2 aliphatic carbocycles. The summed E-state index contributed by atoms with van der Waals surface area (Å²) in [5, 5.41) is 3.86. The maximum atomic E-state index is 3.86. The van der Waals surface area contributed by atoms with Crippen LogP contribution in [0, 0.1) is 11.8 Å². The zero-order chi connectivity index (χ0) is 13.2. The zero-order valence-electron chi connectivity index (χ0n) is 12.9. The first-order valence-corrected chi connectivity index (χ1v) is 8.78. The van der Waals surface area contributed by atoms with Gasteiger partial charge in [0, 0.05) is 31.2 Å². The van der Waals surface area contributed by atoms with Crippen molar-refractivity contribution in [3.8, 4) is 0 Å². The summed E-state index contributed by atoms with van der Waals surface area (Å²) in [7, 11) is 0. The van der Waals surface area contributed by atoms with Gasteiger partial charge in [-0.2, -0.15) is 0 Å². The predicted octanol–water partition coefficient (Wildman–Crippen LogP) is 3.42. The lowest BCUT2D eigenvalue weighted by Crippen LogP contribution is -2.58. The van der Waals surface area contributed by atoms with Gasteiger partial charge in [-0.3, -0.25) is 4.90 Å². The Morgan fingerprint density at radius 2 is 1.95 bits per heavy atom. The fraction of sp³-hybridized carbons (Fsp3) is 1.00. The van der Waals surface area contributed by atoms with Crippen LogP contribution in [0.3, 0.4) is 0 Å². The zero-order valence-corrected chi connectivity index (χ0v) is 12.9. The number of nitrogens with zero attached hydrogens (tertiary/aromatic N) is 1. The minimum Gasteiger partial charge on any atom is -0.311 e. The Bertz CT molecular complexity index is 285. The van der Waals surface area contributed by atoms with Crippen molar-refractivity contribution in [2.75, 3.05) is 13.1 Å². The Morgan fingerprint density at radius 1 is 1.16 bits per heavy atom. The molecule has 4 atom stereocenters. The van der Waals surface area contributed by atoms with Crippen molar-refractivity contribution >= 4 is 0 Å². The highest BCUT2D eigenvalue weighted by atomic mass is 15.3. The van der Waals surface area contributed by atoms with Gasteiger partial charge in [0.05, 0.1) is 0 Å². The van der Waals surface area contributed by atoms with Crippen LogP contribution in [0.15, 0.2) is 0 Å². The topological polar surface area (TPSA) is 15.3 Å². The van der Waals surface area contributed by atoms with Crippen molar-refractivity contribution in [1.82, 2.24) is 10.2 Å². The van der Waals surface area contributed by atoms with Crippen LogP contribution in [0.2, 0.25) is 0 Å². The quantitative estimate of drug-likeness (QED) is 0.837. The summed E-state index contributed by atoms with van der Waals surface area (Å²) in [4.78, 5) is 2.86. The normalized spacial score (nSPS) is 41.4. The molecule has 0 radical (unpaired) electrons. The Kier molecular flexibility index (Phi) is 4.48. The monoisotopic (exact) mass is 264 g/mol. The van der Waals surface area contributed by atoms with Crippen LogP contribution in [0.5, 0.6) is 0 Å². The number of rotatable bonds is 4. The molecular formula is C17H32N2. The molecule has 0 spiro atoms. The average molecular weight is 264 g/mol. The van der Waals surface area contributed by atoms with Gasteiger partial charge in [-0.25, -0.2) is 0 Å².